The Morgan fingerprint density at radius 2 is 1.03 bits per heavy atom. The molecule has 3 fully saturated rings. The predicted octanol–water partition coefficient (Wildman–Crippen LogP) is -7.57. The molecular weight excluding hydrogens is 472 g/mol. The van der Waals surface area contributed by atoms with Crippen molar-refractivity contribution in [1.82, 2.24) is 0 Å². The molecule has 0 amide bonds. The van der Waals surface area contributed by atoms with E-state index in [0.29, 0.717) is 0 Å². The number of aliphatic hydroxyl groups is 11. The topological polar surface area (TPSA) is 269 Å². The first-order valence-electron chi connectivity index (χ1n) is 10.6. The van der Waals surface area contributed by atoms with Crippen LogP contribution in [0.4, 0.5) is 0 Å². The third-order valence-corrected chi connectivity index (χ3v) is 6.07. The molecule has 15 atom stereocenters. The standard InChI is InChI=1S/C18H32O16/c19-1-4-7(21)9(23)13(27)17(32-4)30-3-6-8(22)10(24)14(28)18(33-6)34-15-5(2-20)31-16(29)12(26)11(15)25/h4-29H,1-3H2/t4-,5-,6-,7-,8+,9+,10+,11-,12-,13-,14-,15-,16+,17?,18+/m1/s1. The van der Waals surface area contributed by atoms with Crippen LogP contribution in [0.5, 0.6) is 0 Å². The van der Waals surface area contributed by atoms with E-state index in [1.165, 1.54) is 0 Å². The van der Waals surface area contributed by atoms with Gasteiger partial charge in [-0.05, 0) is 0 Å². The third kappa shape index (κ3) is 5.52. The van der Waals surface area contributed by atoms with Crippen molar-refractivity contribution in [2.75, 3.05) is 19.8 Å². The van der Waals surface area contributed by atoms with E-state index in [2.05, 4.69) is 0 Å². The number of aliphatic hydroxyl groups excluding tert-OH is 11. The molecule has 3 heterocycles. The fourth-order valence-corrected chi connectivity index (χ4v) is 3.95. The second-order valence-corrected chi connectivity index (χ2v) is 8.37. The highest BCUT2D eigenvalue weighted by molar-refractivity contribution is 4.94. The average molecular weight is 504 g/mol. The minimum Gasteiger partial charge on any atom is -0.394 e. The van der Waals surface area contributed by atoms with Gasteiger partial charge >= 0.3 is 0 Å². The Labute approximate surface area is 192 Å². The molecule has 3 rings (SSSR count). The molecule has 0 radical (unpaired) electrons. The van der Waals surface area contributed by atoms with Gasteiger partial charge in [-0.15, -0.1) is 0 Å². The van der Waals surface area contributed by atoms with Gasteiger partial charge in [0.1, 0.15) is 73.2 Å². The molecule has 0 aromatic rings. The summed E-state index contributed by atoms with van der Waals surface area (Å²) in [7, 11) is 0. The summed E-state index contributed by atoms with van der Waals surface area (Å²) in [5, 5.41) is 109. The Kier molecular flexibility index (Phi) is 9.54. The van der Waals surface area contributed by atoms with Crippen molar-refractivity contribution in [3.05, 3.63) is 0 Å². The van der Waals surface area contributed by atoms with Gasteiger partial charge in [-0.2, -0.15) is 0 Å². The van der Waals surface area contributed by atoms with Gasteiger partial charge in [0.05, 0.1) is 19.8 Å². The molecule has 3 aliphatic rings. The zero-order valence-corrected chi connectivity index (χ0v) is 17.7. The predicted molar refractivity (Wildman–Crippen MR) is 101 cm³/mol. The quantitative estimate of drug-likeness (QED) is 0.154. The van der Waals surface area contributed by atoms with Crippen molar-refractivity contribution in [3.63, 3.8) is 0 Å². The van der Waals surface area contributed by atoms with Crippen molar-refractivity contribution < 1.29 is 79.9 Å². The van der Waals surface area contributed by atoms with Gasteiger partial charge in [0, 0.05) is 0 Å². The Hall–Kier alpha value is -0.640. The van der Waals surface area contributed by atoms with Crippen LogP contribution < -0.4 is 0 Å². The van der Waals surface area contributed by atoms with Gasteiger partial charge < -0.3 is 79.9 Å². The minimum absolute atomic E-state index is 0.609. The lowest BCUT2D eigenvalue weighted by Gasteiger charge is -2.45. The van der Waals surface area contributed by atoms with Crippen molar-refractivity contribution in [2.24, 2.45) is 0 Å². The van der Waals surface area contributed by atoms with Gasteiger partial charge in [0.15, 0.2) is 18.9 Å². The highest BCUT2D eigenvalue weighted by Gasteiger charge is 2.51. The summed E-state index contributed by atoms with van der Waals surface area (Å²) in [5.74, 6) is 0. The van der Waals surface area contributed by atoms with Crippen LogP contribution in [-0.2, 0) is 23.7 Å². The highest BCUT2D eigenvalue weighted by Crippen LogP contribution is 2.29. The van der Waals surface area contributed by atoms with E-state index >= 15 is 0 Å². The molecule has 0 spiro atoms. The van der Waals surface area contributed by atoms with Crippen LogP contribution in [0.1, 0.15) is 0 Å². The Balaban J connectivity index is 1.66. The fraction of sp³-hybridized carbons (Fsp3) is 1.00. The number of hydrogen-bond acceptors (Lipinski definition) is 16. The molecule has 16 nitrogen and oxygen atoms in total. The second kappa shape index (κ2) is 11.6. The molecule has 3 aliphatic heterocycles. The molecule has 0 bridgehead atoms. The van der Waals surface area contributed by atoms with Crippen LogP contribution in [-0.4, -0.2) is 168 Å². The molecule has 0 aromatic heterocycles. The smallest absolute Gasteiger partial charge is 0.187 e. The first kappa shape index (κ1) is 27.9. The fourth-order valence-electron chi connectivity index (χ4n) is 3.95. The summed E-state index contributed by atoms with van der Waals surface area (Å²) in [6, 6.07) is 0. The van der Waals surface area contributed by atoms with Crippen LogP contribution in [0, 0.1) is 0 Å². The maximum Gasteiger partial charge on any atom is 0.187 e. The van der Waals surface area contributed by atoms with Crippen LogP contribution in [0.2, 0.25) is 0 Å². The molecule has 11 N–H and O–H groups in total. The summed E-state index contributed by atoms with van der Waals surface area (Å²) in [6.07, 6.45) is -24.9. The summed E-state index contributed by atoms with van der Waals surface area (Å²) >= 11 is 0. The van der Waals surface area contributed by atoms with Crippen molar-refractivity contribution in [3.8, 4) is 0 Å². The first-order valence-corrected chi connectivity index (χ1v) is 10.6. The monoisotopic (exact) mass is 504 g/mol. The van der Waals surface area contributed by atoms with Gasteiger partial charge in [0.25, 0.3) is 0 Å². The lowest BCUT2D eigenvalue weighted by atomic mass is 9.97. The molecule has 3 saturated heterocycles. The van der Waals surface area contributed by atoms with E-state index in [0.717, 1.165) is 0 Å². The molecule has 0 saturated carbocycles. The Morgan fingerprint density at radius 1 is 0.500 bits per heavy atom. The van der Waals surface area contributed by atoms with E-state index in [1.54, 1.807) is 0 Å². The van der Waals surface area contributed by atoms with E-state index in [9.17, 15) is 56.2 Å². The highest BCUT2D eigenvalue weighted by atomic mass is 16.7. The summed E-state index contributed by atoms with van der Waals surface area (Å²) in [6.45, 7) is -2.07. The molecule has 34 heavy (non-hydrogen) atoms. The lowest BCUT2D eigenvalue weighted by molar-refractivity contribution is -0.362. The van der Waals surface area contributed by atoms with Crippen LogP contribution in [0.25, 0.3) is 0 Å². The molecular formula is C18H32O16. The first-order chi connectivity index (χ1) is 16.0. The van der Waals surface area contributed by atoms with E-state index in [-0.39, 0.29) is 0 Å². The summed E-state index contributed by atoms with van der Waals surface area (Å²) < 4.78 is 26.3. The lowest BCUT2D eigenvalue weighted by Crippen LogP contribution is -2.65. The second-order valence-electron chi connectivity index (χ2n) is 8.37. The third-order valence-electron chi connectivity index (χ3n) is 6.07. The van der Waals surface area contributed by atoms with E-state index in [4.69, 9.17) is 23.7 Å². The van der Waals surface area contributed by atoms with Gasteiger partial charge in [-0.1, -0.05) is 0 Å². The van der Waals surface area contributed by atoms with Crippen LogP contribution in [0.15, 0.2) is 0 Å². The number of ether oxygens (including phenoxy) is 5. The zero-order valence-electron chi connectivity index (χ0n) is 17.7. The van der Waals surface area contributed by atoms with Crippen molar-refractivity contribution >= 4 is 0 Å². The summed E-state index contributed by atoms with van der Waals surface area (Å²) in [5.41, 5.74) is 0. The van der Waals surface area contributed by atoms with Crippen molar-refractivity contribution in [1.29, 1.82) is 0 Å². The molecule has 16 heteroatoms. The minimum atomic E-state index is -1.87. The van der Waals surface area contributed by atoms with Crippen molar-refractivity contribution in [2.45, 2.75) is 92.1 Å². The molecule has 0 aromatic carbocycles. The number of rotatable bonds is 7. The average Bonchev–Trinajstić information content (AvgIpc) is 2.82. The van der Waals surface area contributed by atoms with Gasteiger partial charge in [-0.3, -0.25) is 0 Å². The molecule has 1 unspecified atom stereocenters. The van der Waals surface area contributed by atoms with E-state index < -0.39 is 112 Å². The normalized spacial score (nSPS) is 52.5. The zero-order chi connectivity index (χ0) is 25.3. The van der Waals surface area contributed by atoms with Gasteiger partial charge in [-0.25, -0.2) is 0 Å². The Bertz CT molecular complexity index is 637. The van der Waals surface area contributed by atoms with Crippen LogP contribution >= 0.6 is 0 Å². The molecule has 200 valence electrons. The van der Waals surface area contributed by atoms with E-state index in [1.807, 2.05) is 0 Å². The van der Waals surface area contributed by atoms with Gasteiger partial charge in [0.2, 0.25) is 0 Å². The summed E-state index contributed by atoms with van der Waals surface area (Å²) in [4.78, 5) is 0. The Morgan fingerprint density at radius 3 is 1.62 bits per heavy atom. The maximum atomic E-state index is 10.3. The SMILES string of the molecule is OC[C@H]1OC(OC[C@H]2O[C@@H](O[C@H]3[C@H](O)[C@@H](O)[C@@H](O)O[C@@H]3CO)[C@H](O)[C@@H](O)[C@H]2O)[C@H](O)[C@@H](O)[C@@H]1O. The van der Waals surface area contributed by atoms with Crippen LogP contribution in [0.3, 0.4) is 0 Å². The molecule has 0 aliphatic carbocycles. The largest absolute Gasteiger partial charge is 0.394 e. The number of hydrogen-bond donors (Lipinski definition) is 11. The maximum absolute atomic E-state index is 10.3.